The minimum absolute atomic E-state index is 0.0140. The van der Waals surface area contributed by atoms with Gasteiger partial charge in [0.05, 0.1) is 22.8 Å². The van der Waals surface area contributed by atoms with Crippen LogP contribution in [0.4, 0.5) is 11.4 Å². The summed E-state index contributed by atoms with van der Waals surface area (Å²) in [4.78, 5) is 18.6. The molecule has 0 radical (unpaired) electrons. The molecule has 1 fully saturated rings. The largest absolute Gasteiger partial charge is 0.366 e. The number of hydrogen-bond donors (Lipinski definition) is 2. The lowest BCUT2D eigenvalue weighted by Crippen LogP contribution is -2.35. The zero-order valence-corrected chi connectivity index (χ0v) is 18.0. The molecule has 1 saturated heterocycles. The molecule has 7 heteroatoms. The summed E-state index contributed by atoms with van der Waals surface area (Å²) in [7, 11) is 0. The van der Waals surface area contributed by atoms with E-state index >= 15 is 0 Å². The Hall–Kier alpha value is -3.35. The van der Waals surface area contributed by atoms with Crippen LogP contribution >= 0.6 is 0 Å². The lowest BCUT2D eigenvalue weighted by molar-refractivity contribution is -0.119. The van der Waals surface area contributed by atoms with E-state index in [0.717, 1.165) is 64.9 Å². The van der Waals surface area contributed by atoms with Gasteiger partial charge in [-0.05, 0) is 45.4 Å². The van der Waals surface area contributed by atoms with Crippen molar-refractivity contribution in [2.24, 2.45) is 0 Å². The van der Waals surface area contributed by atoms with Gasteiger partial charge < -0.3 is 15.5 Å². The maximum absolute atomic E-state index is 11.4. The fourth-order valence-corrected chi connectivity index (χ4v) is 4.17. The van der Waals surface area contributed by atoms with Gasteiger partial charge in [0.1, 0.15) is 0 Å². The van der Waals surface area contributed by atoms with Crippen molar-refractivity contribution in [2.75, 3.05) is 23.3 Å². The zero-order valence-electron chi connectivity index (χ0n) is 18.0. The second-order valence-electron chi connectivity index (χ2n) is 8.07. The van der Waals surface area contributed by atoms with Crippen molar-refractivity contribution in [1.29, 1.82) is 0 Å². The fourth-order valence-electron chi connectivity index (χ4n) is 4.17. The first-order chi connectivity index (χ1) is 14.3. The van der Waals surface area contributed by atoms with Crippen molar-refractivity contribution in [3.63, 3.8) is 0 Å². The molecule has 7 nitrogen and oxygen atoms in total. The van der Waals surface area contributed by atoms with E-state index in [1.54, 1.807) is 6.92 Å². The number of imidazole rings is 1. The van der Waals surface area contributed by atoms with Crippen LogP contribution in [0.5, 0.6) is 0 Å². The number of benzene rings is 1. The van der Waals surface area contributed by atoms with Crippen molar-refractivity contribution in [2.45, 2.75) is 40.2 Å². The van der Waals surface area contributed by atoms with E-state index in [-0.39, 0.29) is 11.9 Å². The number of amides is 1. The predicted octanol–water partition coefficient (Wildman–Crippen LogP) is 3.67. The molecule has 4 rings (SSSR count). The highest BCUT2D eigenvalue weighted by Gasteiger charge is 2.26. The molecule has 1 aromatic carbocycles. The third kappa shape index (κ3) is 3.87. The maximum atomic E-state index is 11.4. The van der Waals surface area contributed by atoms with Gasteiger partial charge in [-0.1, -0.05) is 18.7 Å². The van der Waals surface area contributed by atoms with E-state index < -0.39 is 0 Å². The van der Waals surface area contributed by atoms with Gasteiger partial charge >= 0.3 is 0 Å². The topological polar surface area (TPSA) is 74.6 Å². The summed E-state index contributed by atoms with van der Waals surface area (Å²) in [5.41, 5.74) is 7.66. The summed E-state index contributed by atoms with van der Waals surface area (Å²) < 4.78 is 1.95. The fraction of sp³-hybridized carbons (Fsp3) is 0.348. The molecule has 3 aromatic rings. The Morgan fingerprint density at radius 2 is 2.03 bits per heavy atom. The third-order valence-corrected chi connectivity index (χ3v) is 5.29. The van der Waals surface area contributed by atoms with Gasteiger partial charge in [0.2, 0.25) is 5.91 Å². The Morgan fingerprint density at radius 3 is 2.77 bits per heavy atom. The first-order valence-corrected chi connectivity index (χ1v) is 10.2. The Labute approximate surface area is 176 Å². The number of aryl methyl sites for hydroxylation is 2. The van der Waals surface area contributed by atoms with Gasteiger partial charge in [0.25, 0.3) is 0 Å². The summed E-state index contributed by atoms with van der Waals surface area (Å²) in [5.74, 6) is 0.0140. The molecular formula is C23H28N6O. The first kappa shape index (κ1) is 19.9. The molecule has 0 unspecified atom stereocenters. The molecule has 156 valence electrons. The van der Waals surface area contributed by atoms with E-state index in [2.05, 4.69) is 40.3 Å². The zero-order chi connectivity index (χ0) is 21.4. The van der Waals surface area contributed by atoms with Crippen LogP contribution in [0.25, 0.3) is 16.9 Å². The summed E-state index contributed by atoms with van der Waals surface area (Å²) in [5, 5.41) is 11.1. The molecular weight excluding hydrogens is 376 g/mol. The molecule has 1 aliphatic rings. The van der Waals surface area contributed by atoms with Gasteiger partial charge in [-0.3, -0.25) is 4.79 Å². The standard InChI is InChI=1S/C23H28N6O/c1-14(2)24-19-8-6-7-18(12-19)22-16(4)25-23-21(11-15(3)27-29(22)23)28-10-9-20(13-28)26-17(5)30/h6-8,11-12,20,24H,1,9-10,13H2,2-5H3,(H,26,30)/t20-/m1/s1. The summed E-state index contributed by atoms with van der Waals surface area (Å²) in [6.07, 6.45) is 0.925. The summed E-state index contributed by atoms with van der Waals surface area (Å²) in [6, 6.07) is 10.5. The number of aromatic nitrogens is 3. The van der Waals surface area contributed by atoms with Gasteiger partial charge in [-0.25, -0.2) is 9.50 Å². The van der Waals surface area contributed by atoms with Crippen LogP contribution in [0.2, 0.25) is 0 Å². The molecule has 0 bridgehead atoms. The molecule has 3 heterocycles. The minimum atomic E-state index is 0.0140. The molecule has 1 amide bonds. The number of rotatable bonds is 5. The van der Waals surface area contributed by atoms with E-state index in [4.69, 9.17) is 10.1 Å². The second kappa shape index (κ2) is 7.82. The van der Waals surface area contributed by atoms with Crippen molar-refractivity contribution < 1.29 is 4.79 Å². The number of anilines is 2. The SMILES string of the molecule is C=C(C)Nc1cccc(-c2c(C)nc3c(N4CC[C@@H](NC(C)=O)C4)cc(C)nn23)c1. The van der Waals surface area contributed by atoms with Crippen LogP contribution in [0, 0.1) is 13.8 Å². The van der Waals surface area contributed by atoms with Crippen LogP contribution < -0.4 is 15.5 Å². The smallest absolute Gasteiger partial charge is 0.217 e. The molecule has 30 heavy (non-hydrogen) atoms. The number of carbonyl (C=O) groups excluding carboxylic acids is 1. The predicted molar refractivity (Wildman–Crippen MR) is 121 cm³/mol. The van der Waals surface area contributed by atoms with Crippen LogP contribution in [0.3, 0.4) is 0 Å². The van der Waals surface area contributed by atoms with Gasteiger partial charge in [0, 0.05) is 43.0 Å². The van der Waals surface area contributed by atoms with Crippen LogP contribution in [0.1, 0.15) is 31.7 Å². The number of allylic oxidation sites excluding steroid dienone is 1. The van der Waals surface area contributed by atoms with Crippen molar-refractivity contribution >= 4 is 22.9 Å². The number of fused-ring (bicyclic) bond motifs is 1. The van der Waals surface area contributed by atoms with Gasteiger partial charge in [-0.2, -0.15) is 5.10 Å². The normalized spacial score (nSPS) is 16.1. The maximum Gasteiger partial charge on any atom is 0.217 e. The quantitative estimate of drug-likeness (QED) is 0.679. The van der Waals surface area contributed by atoms with Crippen molar-refractivity contribution in [3.05, 3.63) is 54.0 Å². The first-order valence-electron chi connectivity index (χ1n) is 10.2. The number of nitrogens with zero attached hydrogens (tertiary/aromatic N) is 4. The molecule has 2 N–H and O–H groups in total. The van der Waals surface area contributed by atoms with E-state index in [1.807, 2.05) is 37.4 Å². The average molecular weight is 405 g/mol. The Morgan fingerprint density at radius 1 is 1.23 bits per heavy atom. The van der Waals surface area contributed by atoms with Crippen molar-refractivity contribution in [1.82, 2.24) is 19.9 Å². The number of carbonyl (C=O) groups is 1. The molecule has 1 atom stereocenters. The van der Waals surface area contributed by atoms with Crippen LogP contribution in [0.15, 0.2) is 42.6 Å². The third-order valence-electron chi connectivity index (χ3n) is 5.29. The van der Waals surface area contributed by atoms with Gasteiger partial charge in [0.15, 0.2) is 5.65 Å². The monoisotopic (exact) mass is 404 g/mol. The Kier molecular flexibility index (Phi) is 5.20. The lowest BCUT2D eigenvalue weighted by Gasteiger charge is -2.20. The number of hydrogen-bond acceptors (Lipinski definition) is 5. The van der Waals surface area contributed by atoms with Crippen LogP contribution in [-0.4, -0.2) is 39.6 Å². The van der Waals surface area contributed by atoms with E-state index in [0.29, 0.717) is 0 Å². The minimum Gasteiger partial charge on any atom is -0.366 e. The van der Waals surface area contributed by atoms with Gasteiger partial charge in [-0.15, -0.1) is 0 Å². The van der Waals surface area contributed by atoms with E-state index in [1.165, 1.54) is 0 Å². The summed E-state index contributed by atoms with van der Waals surface area (Å²) in [6.45, 7) is 13.1. The number of nitrogens with one attached hydrogen (secondary N) is 2. The second-order valence-corrected chi connectivity index (χ2v) is 8.07. The molecule has 0 aliphatic carbocycles. The molecule has 0 spiro atoms. The van der Waals surface area contributed by atoms with E-state index in [9.17, 15) is 4.79 Å². The Bertz CT molecular complexity index is 1130. The highest BCUT2D eigenvalue weighted by atomic mass is 16.1. The Balaban J connectivity index is 1.77. The average Bonchev–Trinajstić information content (AvgIpc) is 3.24. The lowest BCUT2D eigenvalue weighted by atomic mass is 10.1. The molecule has 2 aromatic heterocycles. The molecule has 1 aliphatic heterocycles. The van der Waals surface area contributed by atoms with Crippen LogP contribution in [-0.2, 0) is 4.79 Å². The summed E-state index contributed by atoms with van der Waals surface area (Å²) >= 11 is 0. The highest BCUT2D eigenvalue weighted by molar-refractivity contribution is 5.78. The molecule has 0 saturated carbocycles. The highest BCUT2D eigenvalue weighted by Crippen LogP contribution is 2.32. The van der Waals surface area contributed by atoms with Crippen molar-refractivity contribution in [3.8, 4) is 11.3 Å².